The quantitative estimate of drug-likeness (QED) is 0.580. The van der Waals surface area contributed by atoms with Gasteiger partial charge in [0.2, 0.25) is 6.20 Å². The van der Waals surface area contributed by atoms with Gasteiger partial charge in [-0.3, -0.25) is 4.84 Å². The first-order chi connectivity index (χ1) is 8.42. The van der Waals surface area contributed by atoms with Crippen molar-refractivity contribution in [2.24, 2.45) is 0 Å². The van der Waals surface area contributed by atoms with Crippen LogP contribution in [0, 0.1) is 11.3 Å². The Morgan fingerprint density at radius 2 is 1.94 bits per heavy atom. The molecule has 0 atom stereocenters. The molecule has 17 heavy (non-hydrogen) atoms. The lowest BCUT2D eigenvalue weighted by atomic mass is 10.2. The number of aromatic nitrogens is 1. The summed E-state index contributed by atoms with van der Waals surface area (Å²) in [6.45, 7) is 0.639. The minimum absolute atomic E-state index is 0.601. The first-order valence-corrected chi connectivity index (χ1v) is 5.81. The molecule has 2 rings (SSSR count). The topological polar surface area (TPSA) is 36.9 Å². The van der Waals surface area contributed by atoms with E-state index in [1.807, 2.05) is 30.5 Å². The van der Waals surface area contributed by atoms with Gasteiger partial charge in [0.15, 0.2) is 6.61 Å². The Labute approximate surface area is 101 Å². The van der Waals surface area contributed by atoms with Crippen molar-refractivity contribution in [3.8, 4) is 6.07 Å². The molecule has 86 valence electrons. The van der Waals surface area contributed by atoms with Crippen molar-refractivity contribution in [1.82, 2.24) is 0 Å². The smallest absolute Gasteiger partial charge is 0.264 e. The molecule has 3 nitrogen and oxygen atoms in total. The molecule has 0 amide bonds. The molecular weight excluding hydrogens is 212 g/mol. The number of unbranched alkanes of at least 4 members (excludes halogenated alkanes) is 2. The predicted molar refractivity (Wildman–Crippen MR) is 65.1 cm³/mol. The van der Waals surface area contributed by atoms with Gasteiger partial charge in [0.25, 0.3) is 5.52 Å². The largest absolute Gasteiger partial charge is 0.271 e. The van der Waals surface area contributed by atoms with Gasteiger partial charge in [-0.25, -0.2) is 0 Å². The molecule has 1 aromatic carbocycles. The van der Waals surface area contributed by atoms with Crippen LogP contribution in [0.4, 0.5) is 0 Å². The van der Waals surface area contributed by atoms with Crippen LogP contribution in [0.25, 0.3) is 10.9 Å². The molecule has 1 heterocycles. The van der Waals surface area contributed by atoms with Gasteiger partial charge in [-0.05, 0) is 25.0 Å². The number of hydrogen-bond acceptors (Lipinski definition) is 2. The summed E-state index contributed by atoms with van der Waals surface area (Å²) in [6, 6.07) is 14.3. The predicted octanol–water partition coefficient (Wildman–Crippen LogP) is 2.25. The number of fused-ring (bicyclic) bond motifs is 1. The summed E-state index contributed by atoms with van der Waals surface area (Å²) in [6.07, 6.45) is 4.31. The van der Waals surface area contributed by atoms with E-state index in [4.69, 9.17) is 10.1 Å². The number of hydrogen-bond donors (Lipinski definition) is 0. The Hall–Kier alpha value is -2.08. The van der Waals surface area contributed by atoms with Crippen molar-refractivity contribution < 1.29 is 9.57 Å². The second-order valence-electron chi connectivity index (χ2n) is 3.84. The monoisotopic (exact) mass is 227 g/mol. The first-order valence-electron chi connectivity index (χ1n) is 5.81. The zero-order valence-corrected chi connectivity index (χ0v) is 9.67. The van der Waals surface area contributed by atoms with Crippen LogP contribution >= 0.6 is 0 Å². The summed E-state index contributed by atoms with van der Waals surface area (Å²) in [4.78, 5) is 5.67. The van der Waals surface area contributed by atoms with Gasteiger partial charge in [-0.2, -0.15) is 5.26 Å². The number of para-hydroxylation sites is 1. The second kappa shape index (κ2) is 5.86. The van der Waals surface area contributed by atoms with E-state index in [1.54, 1.807) is 4.73 Å². The summed E-state index contributed by atoms with van der Waals surface area (Å²) in [5, 5.41) is 9.59. The molecule has 0 spiro atoms. The van der Waals surface area contributed by atoms with Crippen LogP contribution in [-0.2, 0) is 0 Å². The highest BCUT2D eigenvalue weighted by atomic mass is 16.7. The molecule has 0 saturated carbocycles. The third-order valence-corrected chi connectivity index (χ3v) is 2.58. The van der Waals surface area contributed by atoms with Gasteiger partial charge < -0.3 is 0 Å². The summed E-state index contributed by atoms with van der Waals surface area (Å²) in [5.74, 6) is 0. The van der Waals surface area contributed by atoms with Crippen LogP contribution in [0.1, 0.15) is 19.3 Å². The van der Waals surface area contributed by atoms with Crippen molar-refractivity contribution >= 4 is 10.9 Å². The average molecular weight is 227 g/mol. The van der Waals surface area contributed by atoms with E-state index < -0.39 is 0 Å². The number of rotatable bonds is 5. The van der Waals surface area contributed by atoms with Crippen molar-refractivity contribution in [2.45, 2.75) is 19.3 Å². The maximum Gasteiger partial charge on any atom is 0.264 e. The van der Waals surface area contributed by atoms with E-state index in [9.17, 15) is 0 Å². The zero-order chi connectivity index (χ0) is 11.9. The first kappa shape index (κ1) is 11.4. The Bertz CT molecular complexity index is 526. The summed E-state index contributed by atoms with van der Waals surface area (Å²) in [5.41, 5.74) is 1.07. The van der Waals surface area contributed by atoms with Gasteiger partial charge in [0.1, 0.15) is 0 Å². The summed E-state index contributed by atoms with van der Waals surface area (Å²) < 4.78 is 1.79. The second-order valence-corrected chi connectivity index (χ2v) is 3.84. The Kier molecular flexibility index (Phi) is 3.93. The van der Waals surface area contributed by atoms with Crippen LogP contribution in [0.2, 0.25) is 0 Å². The van der Waals surface area contributed by atoms with Gasteiger partial charge >= 0.3 is 0 Å². The molecule has 0 bridgehead atoms. The van der Waals surface area contributed by atoms with Crippen LogP contribution < -0.4 is 9.57 Å². The van der Waals surface area contributed by atoms with Gasteiger partial charge in [-0.15, -0.1) is 0 Å². The van der Waals surface area contributed by atoms with Gasteiger partial charge in [-0.1, -0.05) is 12.1 Å². The van der Waals surface area contributed by atoms with Gasteiger partial charge in [0.05, 0.1) is 11.5 Å². The number of pyridine rings is 1. The summed E-state index contributed by atoms with van der Waals surface area (Å²) >= 11 is 0. The molecule has 0 saturated heterocycles. The third-order valence-electron chi connectivity index (χ3n) is 2.58. The van der Waals surface area contributed by atoms with E-state index in [1.165, 1.54) is 0 Å². The Morgan fingerprint density at radius 1 is 1.12 bits per heavy atom. The van der Waals surface area contributed by atoms with Crippen molar-refractivity contribution in [2.75, 3.05) is 6.61 Å². The molecule has 0 fully saturated rings. The molecule has 1 aromatic heterocycles. The van der Waals surface area contributed by atoms with Crippen LogP contribution in [0.3, 0.4) is 0 Å². The minimum atomic E-state index is 0.601. The molecule has 0 aliphatic rings. The highest BCUT2D eigenvalue weighted by Gasteiger charge is 2.08. The average Bonchev–Trinajstić information content (AvgIpc) is 2.39. The van der Waals surface area contributed by atoms with E-state index in [-0.39, 0.29) is 0 Å². The maximum atomic E-state index is 8.43. The van der Waals surface area contributed by atoms with E-state index in [2.05, 4.69) is 18.2 Å². The molecule has 0 radical (unpaired) electrons. The fourth-order valence-corrected chi connectivity index (χ4v) is 1.72. The number of nitriles is 1. The fraction of sp³-hybridized carbons (Fsp3) is 0.286. The Morgan fingerprint density at radius 3 is 2.82 bits per heavy atom. The van der Waals surface area contributed by atoms with Crippen molar-refractivity contribution in [3.63, 3.8) is 0 Å². The van der Waals surface area contributed by atoms with Crippen LogP contribution in [-0.4, -0.2) is 6.61 Å². The third kappa shape index (κ3) is 2.94. The lowest BCUT2D eigenvalue weighted by Gasteiger charge is -2.00. The van der Waals surface area contributed by atoms with E-state index in [0.717, 1.165) is 23.7 Å². The molecule has 0 N–H and O–H groups in total. The van der Waals surface area contributed by atoms with E-state index >= 15 is 0 Å². The van der Waals surface area contributed by atoms with Crippen molar-refractivity contribution in [1.29, 1.82) is 5.26 Å². The normalized spacial score (nSPS) is 10.1. The van der Waals surface area contributed by atoms with E-state index in [0.29, 0.717) is 13.0 Å². The maximum absolute atomic E-state index is 8.43. The number of benzene rings is 1. The SMILES string of the molecule is N#CCCCCO[n+]1cccc2ccccc21. The molecule has 0 aliphatic carbocycles. The fourth-order valence-electron chi connectivity index (χ4n) is 1.72. The number of nitrogens with zero attached hydrogens (tertiary/aromatic N) is 2. The Balaban J connectivity index is 2.01. The lowest BCUT2D eigenvalue weighted by molar-refractivity contribution is -0.871. The standard InChI is InChI=1S/C14H15N2O/c15-10-4-1-5-12-17-16-11-6-8-13-7-2-3-9-14(13)16/h2-3,6-9,11H,1,4-5,12H2/q+1. The molecule has 0 aliphatic heterocycles. The summed E-state index contributed by atoms with van der Waals surface area (Å²) in [7, 11) is 0. The van der Waals surface area contributed by atoms with Crippen LogP contribution in [0.5, 0.6) is 0 Å². The molecule has 3 heteroatoms. The molecular formula is C14H15N2O+. The molecule has 2 aromatic rings. The lowest BCUT2D eigenvalue weighted by Crippen LogP contribution is -2.43. The minimum Gasteiger partial charge on any atom is -0.271 e. The van der Waals surface area contributed by atoms with Crippen molar-refractivity contribution in [3.05, 3.63) is 42.6 Å². The molecule has 0 unspecified atom stereocenters. The highest BCUT2D eigenvalue weighted by Crippen LogP contribution is 2.07. The zero-order valence-electron chi connectivity index (χ0n) is 9.67. The van der Waals surface area contributed by atoms with Gasteiger partial charge in [0, 0.05) is 23.3 Å². The van der Waals surface area contributed by atoms with Crippen LogP contribution in [0.15, 0.2) is 42.6 Å². The highest BCUT2D eigenvalue weighted by molar-refractivity contribution is 5.74.